The third-order valence-corrected chi connectivity index (χ3v) is 5.62. The van der Waals surface area contributed by atoms with Crippen LogP contribution in [0.25, 0.3) is 21.3 Å². The van der Waals surface area contributed by atoms with Crippen LogP contribution in [0.15, 0.2) is 24.3 Å². The third-order valence-electron chi connectivity index (χ3n) is 4.45. The molecule has 1 aliphatic rings. The third kappa shape index (κ3) is 3.21. The first kappa shape index (κ1) is 16.7. The van der Waals surface area contributed by atoms with E-state index in [1.807, 2.05) is 12.1 Å². The second-order valence-electron chi connectivity index (χ2n) is 6.13. The molecule has 0 radical (unpaired) electrons. The first-order chi connectivity index (χ1) is 12.1. The van der Waals surface area contributed by atoms with E-state index in [4.69, 9.17) is 11.6 Å². The van der Waals surface area contributed by atoms with Crippen LogP contribution >= 0.6 is 22.9 Å². The van der Waals surface area contributed by atoms with Crippen molar-refractivity contribution in [1.82, 2.24) is 15.3 Å². The molecule has 0 bridgehead atoms. The molecule has 1 N–H and O–H groups in total. The highest BCUT2D eigenvalue weighted by Gasteiger charge is 2.22. The monoisotopic (exact) mass is 376 g/mol. The molecule has 130 valence electrons. The maximum absolute atomic E-state index is 13.4. The summed E-state index contributed by atoms with van der Waals surface area (Å²) in [6, 6.07) is 6.60. The second kappa shape index (κ2) is 6.86. The van der Waals surface area contributed by atoms with Crippen LogP contribution in [0.3, 0.4) is 0 Å². The highest BCUT2D eigenvalue weighted by molar-refractivity contribution is 7.19. The number of hydrogen-bond donors (Lipinski definition) is 1. The van der Waals surface area contributed by atoms with E-state index in [9.17, 15) is 4.39 Å². The molecule has 0 atom stereocenters. The first-order valence-corrected chi connectivity index (χ1v) is 9.51. The molecule has 0 spiro atoms. The Kier molecular flexibility index (Phi) is 4.58. The van der Waals surface area contributed by atoms with E-state index in [-0.39, 0.29) is 11.1 Å². The van der Waals surface area contributed by atoms with Gasteiger partial charge in [-0.2, -0.15) is 4.98 Å². The lowest BCUT2D eigenvalue weighted by Crippen LogP contribution is -2.28. The Labute approximate surface area is 154 Å². The quantitative estimate of drug-likeness (QED) is 0.678. The highest BCUT2D eigenvalue weighted by Crippen LogP contribution is 2.42. The van der Waals surface area contributed by atoms with Crippen molar-refractivity contribution in [2.45, 2.75) is 13.3 Å². The van der Waals surface area contributed by atoms with Gasteiger partial charge in [-0.1, -0.05) is 12.1 Å². The first-order valence-electron chi connectivity index (χ1n) is 8.32. The Morgan fingerprint density at radius 2 is 1.96 bits per heavy atom. The maximum Gasteiger partial charge on any atom is 0.225 e. The topological polar surface area (TPSA) is 41.1 Å². The van der Waals surface area contributed by atoms with E-state index in [2.05, 4.69) is 27.1 Å². The van der Waals surface area contributed by atoms with Crippen molar-refractivity contribution in [3.8, 4) is 11.1 Å². The minimum atomic E-state index is -0.237. The SMILES string of the molecule is Cc1sc2nc(Cl)nc(N3CCCNCC3)c2c1-c1ccc(F)cc1. The smallest absolute Gasteiger partial charge is 0.225 e. The number of rotatable bonds is 2. The summed E-state index contributed by atoms with van der Waals surface area (Å²) in [4.78, 5) is 13.3. The molecule has 4 nitrogen and oxygen atoms in total. The molecule has 1 fully saturated rings. The molecule has 0 amide bonds. The van der Waals surface area contributed by atoms with Crippen molar-refractivity contribution in [3.05, 3.63) is 40.2 Å². The molecule has 0 saturated carbocycles. The fraction of sp³-hybridized carbons (Fsp3) is 0.333. The summed E-state index contributed by atoms with van der Waals surface area (Å²) in [6.07, 6.45) is 1.05. The Morgan fingerprint density at radius 1 is 1.16 bits per heavy atom. The fourth-order valence-electron chi connectivity index (χ4n) is 3.32. The molecule has 0 unspecified atom stereocenters. The zero-order valence-corrected chi connectivity index (χ0v) is 15.4. The molecule has 1 saturated heterocycles. The lowest BCUT2D eigenvalue weighted by Gasteiger charge is -2.22. The van der Waals surface area contributed by atoms with Crippen molar-refractivity contribution < 1.29 is 4.39 Å². The molecule has 2 aromatic heterocycles. The number of benzene rings is 1. The van der Waals surface area contributed by atoms with Gasteiger partial charge in [0.05, 0.1) is 5.39 Å². The van der Waals surface area contributed by atoms with Crippen LogP contribution in [-0.2, 0) is 0 Å². The van der Waals surface area contributed by atoms with Crippen LogP contribution < -0.4 is 10.2 Å². The molecular formula is C18H18ClFN4S. The molecule has 1 aliphatic heterocycles. The molecule has 3 heterocycles. The lowest BCUT2D eigenvalue weighted by atomic mass is 10.0. The average molecular weight is 377 g/mol. The predicted octanol–water partition coefficient (Wildman–Crippen LogP) is 4.26. The van der Waals surface area contributed by atoms with Gasteiger partial charge in [-0.15, -0.1) is 11.3 Å². The minimum absolute atomic E-state index is 0.237. The van der Waals surface area contributed by atoms with Crippen LogP contribution in [0.1, 0.15) is 11.3 Å². The minimum Gasteiger partial charge on any atom is -0.355 e. The molecule has 0 aliphatic carbocycles. The molecule has 7 heteroatoms. The van der Waals surface area contributed by atoms with Crippen molar-refractivity contribution in [2.24, 2.45) is 0 Å². The summed E-state index contributed by atoms with van der Waals surface area (Å²) in [5.74, 6) is 0.640. The summed E-state index contributed by atoms with van der Waals surface area (Å²) in [5, 5.41) is 4.69. The van der Waals surface area contributed by atoms with E-state index in [1.54, 1.807) is 11.3 Å². The number of nitrogens with zero attached hydrogens (tertiary/aromatic N) is 3. The van der Waals surface area contributed by atoms with Gasteiger partial charge in [0.15, 0.2) is 0 Å². The number of fused-ring (bicyclic) bond motifs is 1. The van der Waals surface area contributed by atoms with Gasteiger partial charge in [-0.05, 0) is 49.2 Å². The zero-order valence-electron chi connectivity index (χ0n) is 13.9. The Balaban J connectivity index is 1.94. The summed E-state index contributed by atoms with van der Waals surface area (Å²) in [5.41, 5.74) is 2.05. The number of anilines is 1. The van der Waals surface area contributed by atoms with Gasteiger partial charge in [0, 0.05) is 30.1 Å². The van der Waals surface area contributed by atoms with E-state index < -0.39 is 0 Å². The Hall–Kier alpha value is -1.76. The van der Waals surface area contributed by atoms with Crippen LogP contribution in [-0.4, -0.2) is 36.1 Å². The van der Waals surface area contributed by atoms with E-state index >= 15 is 0 Å². The van der Waals surface area contributed by atoms with Gasteiger partial charge in [0.2, 0.25) is 5.28 Å². The standard InChI is InChI=1S/C18H18ClFN4S/c1-11-14(12-3-5-13(20)6-4-12)15-16(22-18(19)23-17(15)25-11)24-9-2-7-21-8-10-24/h3-6,21H,2,7-10H2,1H3. The molecule has 1 aromatic carbocycles. The van der Waals surface area contributed by atoms with Crippen LogP contribution in [0.2, 0.25) is 5.28 Å². The van der Waals surface area contributed by atoms with E-state index in [1.165, 1.54) is 12.1 Å². The number of hydrogen-bond acceptors (Lipinski definition) is 5. The molecule has 25 heavy (non-hydrogen) atoms. The van der Waals surface area contributed by atoms with Gasteiger partial charge in [-0.25, -0.2) is 9.37 Å². The molecular weight excluding hydrogens is 359 g/mol. The van der Waals surface area contributed by atoms with Crippen LogP contribution in [0, 0.1) is 12.7 Å². The predicted molar refractivity (Wildman–Crippen MR) is 102 cm³/mol. The lowest BCUT2D eigenvalue weighted by molar-refractivity contribution is 0.628. The Morgan fingerprint density at radius 3 is 2.76 bits per heavy atom. The highest BCUT2D eigenvalue weighted by atomic mass is 35.5. The number of aryl methyl sites for hydroxylation is 1. The van der Waals surface area contributed by atoms with Gasteiger partial charge in [-0.3, -0.25) is 0 Å². The fourth-order valence-corrected chi connectivity index (χ4v) is 4.57. The molecule has 3 aromatic rings. The van der Waals surface area contributed by atoms with Gasteiger partial charge < -0.3 is 10.2 Å². The molecule has 4 rings (SSSR count). The number of halogens is 2. The van der Waals surface area contributed by atoms with Gasteiger partial charge in [0.25, 0.3) is 0 Å². The van der Waals surface area contributed by atoms with E-state index in [0.717, 1.165) is 64.6 Å². The van der Waals surface area contributed by atoms with Gasteiger partial charge in [0.1, 0.15) is 16.5 Å². The van der Waals surface area contributed by atoms with Crippen LogP contribution in [0.4, 0.5) is 10.2 Å². The summed E-state index contributed by atoms with van der Waals surface area (Å²) >= 11 is 7.81. The summed E-state index contributed by atoms with van der Waals surface area (Å²) < 4.78 is 13.4. The normalized spacial score (nSPS) is 15.6. The number of aromatic nitrogens is 2. The van der Waals surface area contributed by atoms with Crippen molar-refractivity contribution in [2.75, 3.05) is 31.1 Å². The van der Waals surface area contributed by atoms with Crippen molar-refractivity contribution >= 4 is 39.0 Å². The largest absolute Gasteiger partial charge is 0.355 e. The van der Waals surface area contributed by atoms with Crippen LogP contribution in [0.5, 0.6) is 0 Å². The summed E-state index contributed by atoms with van der Waals surface area (Å²) in [6.45, 7) is 5.78. The van der Waals surface area contributed by atoms with Gasteiger partial charge >= 0.3 is 0 Å². The average Bonchev–Trinajstić information content (AvgIpc) is 2.77. The number of thiophene rings is 1. The zero-order chi connectivity index (χ0) is 17.4. The van der Waals surface area contributed by atoms with E-state index in [0.29, 0.717) is 0 Å². The number of nitrogens with one attached hydrogen (secondary N) is 1. The van der Waals surface area contributed by atoms with Crippen molar-refractivity contribution in [1.29, 1.82) is 0 Å². The Bertz CT molecular complexity index is 902. The maximum atomic E-state index is 13.4. The van der Waals surface area contributed by atoms with Crippen molar-refractivity contribution in [3.63, 3.8) is 0 Å². The summed E-state index contributed by atoms with van der Waals surface area (Å²) in [7, 11) is 0. The second-order valence-corrected chi connectivity index (χ2v) is 7.67.